The third-order valence-corrected chi connectivity index (χ3v) is 7.24. The number of carbonyl (C=O) groups is 1. The van der Waals surface area contributed by atoms with Gasteiger partial charge in [-0.15, -0.1) is 0 Å². The second-order valence-corrected chi connectivity index (χ2v) is 9.70. The zero-order valence-electron chi connectivity index (χ0n) is 19.4. The predicted molar refractivity (Wildman–Crippen MR) is 137 cm³/mol. The lowest BCUT2D eigenvalue weighted by molar-refractivity contribution is -0.151. The van der Waals surface area contributed by atoms with Crippen LogP contribution in [0.2, 0.25) is 5.02 Å². The van der Waals surface area contributed by atoms with E-state index in [4.69, 9.17) is 21.3 Å². The number of carbonyl (C=O) groups excluding carboxylic acids is 1. The third kappa shape index (κ3) is 4.45. The van der Waals surface area contributed by atoms with Crippen LogP contribution < -0.4 is 0 Å². The number of amides is 1. The van der Waals surface area contributed by atoms with E-state index >= 15 is 0 Å². The molecule has 0 saturated carbocycles. The number of benzene rings is 2. The highest BCUT2D eigenvalue weighted by Crippen LogP contribution is 2.29. The molecule has 0 radical (unpaired) electrons. The number of aromatic nitrogens is 2. The van der Waals surface area contributed by atoms with E-state index in [2.05, 4.69) is 51.9 Å². The summed E-state index contributed by atoms with van der Waals surface area (Å²) in [6.07, 6.45) is 2.18. The standard InChI is InChI=1S/C28H27ClN4O2/c29-24-9-6-21(7-10-24)27-25(17-31-12-14-32(15-13-31)28(34)23-18-35-19-23)33-16-22(8-11-26(33)30-27)20-4-2-1-3-5-20/h1-11,16,23H,12-15,17-19H2. The molecule has 2 aliphatic rings. The minimum absolute atomic E-state index is 0.0493. The van der Waals surface area contributed by atoms with E-state index in [1.807, 2.05) is 35.2 Å². The van der Waals surface area contributed by atoms with Gasteiger partial charge in [0.25, 0.3) is 0 Å². The van der Waals surface area contributed by atoms with Crippen molar-refractivity contribution in [2.24, 2.45) is 5.92 Å². The summed E-state index contributed by atoms with van der Waals surface area (Å²) in [5, 5.41) is 0.711. The average Bonchev–Trinajstić information content (AvgIpc) is 3.22. The summed E-state index contributed by atoms with van der Waals surface area (Å²) >= 11 is 6.16. The Morgan fingerprint density at radius 2 is 1.60 bits per heavy atom. The molecule has 0 aliphatic carbocycles. The molecule has 4 aromatic rings. The molecule has 178 valence electrons. The van der Waals surface area contributed by atoms with Crippen molar-refractivity contribution in [3.8, 4) is 22.4 Å². The van der Waals surface area contributed by atoms with Crippen molar-refractivity contribution in [2.75, 3.05) is 39.4 Å². The molecule has 6 nitrogen and oxygen atoms in total. The Morgan fingerprint density at radius 1 is 0.886 bits per heavy atom. The van der Waals surface area contributed by atoms with Crippen LogP contribution in [0.25, 0.3) is 28.0 Å². The van der Waals surface area contributed by atoms with Crippen LogP contribution in [0.1, 0.15) is 5.69 Å². The highest BCUT2D eigenvalue weighted by atomic mass is 35.5. The lowest BCUT2D eigenvalue weighted by Gasteiger charge is -2.38. The van der Waals surface area contributed by atoms with Gasteiger partial charge in [0.15, 0.2) is 0 Å². The summed E-state index contributed by atoms with van der Waals surface area (Å²) in [5.41, 5.74) is 6.41. The lowest BCUT2D eigenvalue weighted by Crippen LogP contribution is -2.53. The van der Waals surface area contributed by atoms with Crippen molar-refractivity contribution in [2.45, 2.75) is 6.54 Å². The van der Waals surface area contributed by atoms with Crippen molar-refractivity contribution in [1.29, 1.82) is 0 Å². The van der Waals surface area contributed by atoms with Crippen molar-refractivity contribution in [3.63, 3.8) is 0 Å². The topological polar surface area (TPSA) is 50.1 Å². The van der Waals surface area contributed by atoms with E-state index in [0.717, 1.165) is 60.9 Å². The molecule has 35 heavy (non-hydrogen) atoms. The molecule has 1 amide bonds. The smallest absolute Gasteiger partial charge is 0.230 e. The molecule has 0 spiro atoms. The van der Waals surface area contributed by atoms with Crippen molar-refractivity contribution >= 4 is 23.2 Å². The van der Waals surface area contributed by atoms with Gasteiger partial charge in [0.1, 0.15) is 5.65 Å². The van der Waals surface area contributed by atoms with E-state index in [0.29, 0.717) is 18.2 Å². The first kappa shape index (κ1) is 22.3. The van der Waals surface area contributed by atoms with E-state index in [-0.39, 0.29) is 11.8 Å². The minimum atomic E-state index is 0.0493. The molecule has 0 unspecified atom stereocenters. The molecule has 0 atom stereocenters. The van der Waals surface area contributed by atoms with Crippen LogP contribution in [0.15, 0.2) is 72.9 Å². The van der Waals surface area contributed by atoms with Gasteiger partial charge in [-0.25, -0.2) is 4.98 Å². The first-order valence-corrected chi connectivity index (χ1v) is 12.4. The molecule has 2 saturated heterocycles. The summed E-state index contributed by atoms with van der Waals surface area (Å²) < 4.78 is 7.42. The molecule has 0 bridgehead atoms. The monoisotopic (exact) mass is 486 g/mol. The van der Waals surface area contributed by atoms with Gasteiger partial charge in [0, 0.05) is 49.5 Å². The molecule has 2 aromatic carbocycles. The fourth-order valence-electron chi connectivity index (χ4n) is 4.86. The van der Waals surface area contributed by atoms with Gasteiger partial charge >= 0.3 is 0 Å². The normalized spacial score (nSPS) is 17.0. The minimum Gasteiger partial charge on any atom is -0.380 e. The summed E-state index contributed by atoms with van der Waals surface area (Å²) in [6, 6.07) is 22.5. The number of hydrogen-bond acceptors (Lipinski definition) is 4. The number of rotatable bonds is 5. The van der Waals surface area contributed by atoms with E-state index in [1.54, 1.807) is 0 Å². The molecule has 4 heterocycles. The Labute approximate surface area is 209 Å². The van der Waals surface area contributed by atoms with Crippen LogP contribution in [0.4, 0.5) is 0 Å². The quantitative estimate of drug-likeness (QED) is 0.413. The van der Waals surface area contributed by atoms with Gasteiger partial charge < -0.3 is 14.0 Å². The van der Waals surface area contributed by atoms with Crippen LogP contribution in [0.3, 0.4) is 0 Å². The zero-order valence-corrected chi connectivity index (χ0v) is 20.2. The van der Waals surface area contributed by atoms with Crippen molar-refractivity contribution in [1.82, 2.24) is 19.2 Å². The second-order valence-electron chi connectivity index (χ2n) is 9.26. The molecular formula is C28H27ClN4O2. The van der Waals surface area contributed by atoms with Gasteiger partial charge in [-0.3, -0.25) is 9.69 Å². The molecule has 7 heteroatoms. The summed E-state index contributed by atoms with van der Waals surface area (Å²) in [5.74, 6) is 0.285. The van der Waals surface area contributed by atoms with Crippen molar-refractivity contribution in [3.05, 3.63) is 83.6 Å². The van der Waals surface area contributed by atoms with E-state index < -0.39 is 0 Å². The largest absolute Gasteiger partial charge is 0.380 e. The first-order valence-electron chi connectivity index (χ1n) is 12.1. The molecule has 0 N–H and O–H groups in total. The lowest BCUT2D eigenvalue weighted by atomic mass is 10.1. The second kappa shape index (κ2) is 9.46. The molecule has 2 aromatic heterocycles. The maximum Gasteiger partial charge on any atom is 0.230 e. The predicted octanol–water partition coefficient (Wildman–Crippen LogP) is 4.61. The summed E-state index contributed by atoms with van der Waals surface area (Å²) in [4.78, 5) is 22.0. The van der Waals surface area contributed by atoms with Gasteiger partial charge in [0.2, 0.25) is 5.91 Å². The number of ether oxygens (including phenoxy) is 1. The Kier molecular flexibility index (Phi) is 6.02. The highest BCUT2D eigenvalue weighted by Gasteiger charge is 2.32. The third-order valence-electron chi connectivity index (χ3n) is 6.99. The molecule has 2 aliphatic heterocycles. The van der Waals surface area contributed by atoms with Crippen LogP contribution in [-0.4, -0.2) is 64.5 Å². The van der Waals surface area contributed by atoms with Crippen LogP contribution in [0, 0.1) is 5.92 Å². The zero-order chi connectivity index (χ0) is 23.8. The van der Waals surface area contributed by atoms with Crippen LogP contribution in [-0.2, 0) is 16.1 Å². The number of fused-ring (bicyclic) bond motifs is 1. The average molecular weight is 487 g/mol. The SMILES string of the molecule is O=C(C1COC1)N1CCN(Cc2c(-c3ccc(Cl)cc3)nc3ccc(-c4ccccc4)cn23)CC1. The molecule has 6 rings (SSSR count). The van der Waals surface area contributed by atoms with E-state index in [9.17, 15) is 4.79 Å². The van der Waals surface area contributed by atoms with Crippen LogP contribution in [0.5, 0.6) is 0 Å². The van der Waals surface area contributed by atoms with Gasteiger partial charge in [-0.05, 0) is 35.4 Å². The fraction of sp³-hybridized carbons (Fsp3) is 0.286. The highest BCUT2D eigenvalue weighted by molar-refractivity contribution is 6.30. The maximum atomic E-state index is 12.6. The number of pyridine rings is 1. The Bertz CT molecular complexity index is 1340. The van der Waals surface area contributed by atoms with E-state index in [1.165, 1.54) is 5.56 Å². The maximum absolute atomic E-state index is 12.6. The molecule has 2 fully saturated rings. The van der Waals surface area contributed by atoms with Gasteiger partial charge in [-0.2, -0.15) is 0 Å². The number of halogens is 1. The van der Waals surface area contributed by atoms with Crippen molar-refractivity contribution < 1.29 is 9.53 Å². The summed E-state index contributed by atoms with van der Waals surface area (Å²) in [7, 11) is 0. The number of imidazole rings is 1. The van der Waals surface area contributed by atoms with Gasteiger partial charge in [0.05, 0.1) is 30.5 Å². The fourth-order valence-corrected chi connectivity index (χ4v) is 4.99. The summed E-state index contributed by atoms with van der Waals surface area (Å²) in [6.45, 7) is 5.06. The Balaban J connectivity index is 1.32. The first-order chi connectivity index (χ1) is 17.2. The Hall–Kier alpha value is -3.19. The van der Waals surface area contributed by atoms with Crippen LogP contribution >= 0.6 is 11.6 Å². The number of nitrogens with zero attached hydrogens (tertiary/aromatic N) is 4. The van der Waals surface area contributed by atoms with Gasteiger partial charge in [-0.1, -0.05) is 54.1 Å². The molecular weight excluding hydrogens is 460 g/mol. The Morgan fingerprint density at radius 3 is 2.29 bits per heavy atom. The number of hydrogen-bond donors (Lipinski definition) is 0. The number of piperazine rings is 1.